The molecule has 0 aliphatic carbocycles. The molecule has 1 fully saturated rings. The summed E-state index contributed by atoms with van der Waals surface area (Å²) in [6, 6.07) is 6.47. The molecule has 1 aromatic rings. The smallest absolute Gasteiger partial charge is 0.417 e. The Morgan fingerprint density at radius 2 is 1.96 bits per heavy atom. The number of cyclic esters (lactones) is 1. The van der Waals surface area contributed by atoms with Gasteiger partial charge in [0.25, 0.3) is 0 Å². The summed E-state index contributed by atoms with van der Waals surface area (Å²) in [6.45, 7) is 0.753. The maximum Gasteiger partial charge on any atom is 0.417 e. The molecule has 2 amide bonds. The second kappa shape index (κ2) is 7.85. The Morgan fingerprint density at radius 3 is 2.50 bits per heavy atom. The predicted octanol–water partition coefficient (Wildman–Crippen LogP) is 2.52. The topological polar surface area (TPSA) is 72.6 Å². The standard InChI is InChI=1S/C15H17F3N2O3.ClH/c1-9(15(16,17)18)12(19)13(21)20-11(8-23-14(20)22)7-10-5-3-2-4-6-10;/h2-6,9,11-12H,7-8,19H2,1H3;1H/t9-,11-,12-;/m0./s1. The van der Waals surface area contributed by atoms with E-state index >= 15 is 0 Å². The summed E-state index contributed by atoms with van der Waals surface area (Å²) in [5.41, 5.74) is 6.26. The lowest BCUT2D eigenvalue weighted by molar-refractivity contribution is -0.180. The fourth-order valence-corrected chi connectivity index (χ4v) is 2.34. The largest absolute Gasteiger partial charge is 0.447 e. The zero-order chi connectivity index (χ0) is 17.2. The molecule has 0 unspecified atom stereocenters. The molecular formula is C15H18ClF3N2O3. The van der Waals surface area contributed by atoms with E-state index in [1.54, 1.807) is 24.3 Å². The molecule has 2 N–H and O–H groups in total. The molecule has 1 heterocycles. The fourth-order valence-electron chi connectivity index (χ4n) is 2.34. The molecule has 0 saturated carbocycles. The van der Waals surface area contributed by atoms with Gasteiger partial charge in [-0.15, -0.1) is 12.4 Å². The van der Waals surface area contributed by atoms with Crippen molar-refractivity contribution in [3.05, 3.63) is 35.9 Å². The highest BCUT2D eigenvalue weighted by atomic mass is 35.5. The van der Waals surface area contributed by atoms with Gasteiger partial charge in [0, 0.05) is 0 Å². The molecule has 0 aromatic heterocycles. The number of hydrogen-bond acceptors (Lipinski definition) is 4. The van der Waals surface area contributed by atoms with Crippen LogP contribution in [0, 0.1) is 5.92 Å². The Hall–Kier alpha value is -1.80. The number of rotatable bonds is 4. The van der Waals surface area contributed by atoms with Crippen molar-refractivity contribution in [2.24, 2.45) is 11.7 Å². The SMILES string of the molecule is C[C@@H]([C@H](N)C(=O)N1C(=O)OC[C@@H]1Cc1ccccc1)C(F)(F)F.Cl. The summed E-state index contributed by atoms with van der Waals surface area (Å²) in [7, 11) is 0. The van der Waals surface area contributed by atoms with Crippen molar-refractivity contribution >= 4 is 24.4 Å². The first-order valence-electron chi connectivity index (χ1n) is 7.08. The number of hydrogen-bond donors (Lipinski definition) is 1. The third-order valence-corrected chi connectivity index (χ3v) is 3.85. The van der Waals surface area contributed by atoms with Gasteiger partial charge in [-0.1, -0.05) is 37.3 Å². The van der Waals surface area contributed by atoms with Gasteiger partial charge in [-0.05, 0) is 12.0 Å². The van der Waals surface area contributed by atoms with E-state index in [0.717, 1.165) is 12.5 Å². The number of alkyl halides is 3. The Bertz CT molecular complexity index is 583. The predicted molar refractivity (Wildman–Crippen MR) is 82.6 cm³/mol. The average Bonchev–Trinajstić information content (AvgIpc) is 2.85. The molecule has 1 aliphatic rings. The molecule has 24 heavy (non-hydrogen) atoms. The zero-order valence-electron chi connectivity index (χ0n) is 12.8. The number of ether oxygens (including phenoxy) is 1. The molecule has 0 spiro atoms. The number of imide groups is 1. The van der Waals surface area contributed by atoms with Crippen molar-refractivity contribution in [2.45, 2.75) is 31.6 Å². The molecule has 1 aromatic carbocycles. The number of halogens is 4. The molecule has 3 atom stereocenters. The quantitative estimate of drug-likeness (QED) is 0.888. The second-order valence-electron chi connectivity index (χ2n) is 5.48. The van der Waals surface area contributed by atoms with Crippen LogP contribution >= 0.6 is 12.4 Å². The van der Waals surface area contributed by atoms with Crippen LogP contribution in [0.15, 0.2) is 30.3 Å². The van der Waals surface area contributed by atoms with Crippen LogP contribution in [-0.2, 0) is 16.0 Å². The van der Waals surface area contributed by atoms with E-state index < -0.39 is 36.2 Å². The first-order chi connectivity index (χ1) is 10.7. The van der Waals surface area contributed by atoms with Crippen LogP contribution in [0.5, 0.6) is 0 Å². The van der Waals surface area contributed by atoms with Crippen LogP contribution in [0.25, 0.3) is 0 Å². The van der Waals surface area contributed by atoms with Gasteiger partial charge < -0.3 is 10.5 Å². The molecule has 0 radical (unpaired) electrons. The fraction of sp³-hybridized carbons (Fsp3) is 0.467. The van der Waals surface area contributed by atoms with Gasteiger partial charge in [-0.3, -0.25) is 4.79 Å². The minimum absolute atomic E-state index is 0. The van der Waals surface area contributed by atoms with Crippen molar-refractivity contribution in [3.63, 3.8) is 0 Å². The van der Waals surface area contributed by atoms with Crippen LogP contribution < -0.4 is 5.73 Å². The summed E-state index contributed by atoms with van der Waals surface area (Å²) in [6.07, 6.45) is -5.28. The van der Waals surface area contributed by atoms with Crippen LogP contribution in [-0.4, -0.2) is 41.8 Å². The number of nitrogens with zero attached hydrogens (tertiary/aromatic N) is 1. The molecule has 5 nitrogen and oxygen atoms in total. The first-order valence-corrected chi connectivity index (χ1v) is 7.08. The van der Waals surface area contributed by atoms with Crippen LogP contribution in [0.3, 0.4) is 0 Å². The van der Waals surface area contributed by atoms with E-state index in [2.05, 4.69) is 0 Å². The minimum Gasteiger partial charge on any atom is -0.447 e. The number of carbonyl (C=O) groups excluding carboxylic acids is 2. The van der Waals surface area contributed by atoms with Gasteiger partial charge in [0.05, 0.1) is 18.0 Å². The molecule has 1 aliphatic heterocycles. The molecule has 0 bridgehead atoms. The summed E-state index contributed by atoms with van der Waals surface area (Å²) in [4.78, 5) is 24.7. The van der Waals surface area contributed by atoms with Crippen LogP contribution in [0.1, 0.15) is 12.5 Å². The highest BCUT2D eigenvalue weighted by Gasteiger charge is 2.47. The van der Waals surface area contributed by atoms with E-state index in [0.29, 0.717) is 11.3 Å². The zero-order valence-corrected chi connectivity index (χ0v) is 13.6. The molecule has 134 valence electrons. The Morgan fingerprint density at radius 1 is 1.38 bits per heavy atom. The Labute approximate surface area is 143 Å². The van der Waals surface area contributed by atoms with Crippen LogP contribution in [0.2, 0.25) is 0 Å². The highest BCUT2D eigenvalue weighted by molar-refractivity contribution is 5.96. The van der Waals surface area contributed by atoms with Gasteiger partial charge in [-0.2, -0.15) is 13.2 Å². The summed E-state index contributed by atoms with van der Waals surface area (Å²) >= 11 is 0. The van der Waals surface area contributed by atoms with Gasteiger partial charge in [0.1, 0.15) is 6.61 Å². The van der Waals surface area contributed by atoms with Crippen molar-refractivity contribution in [3.8, 4) is 0 Å². The van der Waals surface area contributed by atoms with E-state index in [9.17, 15) is 22.8 Å². The van der Waals surface area contributed by atoms with Gasteiger partial charge >= 0.3 is 12.3 Å². The lowest BCUT2D eigenvalue weighted by atomic mass is 9.99. The molecule has 2 rings (SSSR count). The normalized spacial score (nSPS) is 20.1. The maximum absolute atomic E-state index is 12.7. The van der Waals surface area contributed by atoms with E-state index in [4.69, 9.17) is 10.5 Å². The highest BCUT2D eigenvalue weighted by Crippen LogP contribution is 2.29. The van der Waals surface area contributed by atoms with Crippen molar-refractivity contribution in [1.82, 2.24) is 4.90 Å². The van der Waals surface area contributed by atoms with Crippen LogP contribution in [0.4, 0.5) is 18.0 Å². The average molecular weight is 367 g/mol. The maximum atomic E-state index is 12.7. The van der Waals surface area contributed by atoms with E-state index in [-0.39, 0.29) is 19.0 Å². The van der Waals surface area contributed by atoms with Gasteiger partial charge in [0.15, 0.2) is 0 Å². The minimum atomic E-state index is -4.62. The number of nitrogens with two attached hydrogens (primary N) is 1. The van der Waals surface area contributed by atoms with Crippen molar-refractivity contribution in [2.75, 3.05) is 6.61 Å². The van der Waals surface area contributed by atoms with E-state index in [1.807, 2.05) is 6.07 Å². The third-order valence-electron chi connectivity index (χ3n) is 3.85. The second-order valence-corrected chi connectivity index (χ2v) is 5.48. The number of benzene rings is 1. The van der Waals surface area contributed by atoms with Gasteiger partial charge in [0.2, 0.25) is 5.91 Å². The van der Waals surface area contributed by atoms with Crippen molar-refractivity contribution in [1.29, 1.82) is 0 Å². The lowest BCUT2D eigenvalue weighted by Gasteiger charge is -2.27. The van der Waals surface area contributed by atoms with Crippen molar-refractivity contribution < 1.29 is 27.5 Å². The Balaban J connectivity index is 0.00000288. The third kappa shape index (κ3) is 4.39. The molecule has 9 heteroatoms. The summed E-state index contributed by atoms with van der Waals surface area (Å²) in [5.74, 6) is -3.13. The number of amides is 2. The molecule has 1 saturated heterocycles. The van der Waals surface area contributed by atoms with E-state index in [1.165, 1.54) is 0 Å². The lowest BCUT2D eigenvalue weighted by Crippen LogP contribution is -2.53. The van der Waals surface area contributed by atoms with Gasteiger partial charge in [-0.25, -0.2) is 9.69 Å². The monoisotopic (exact) mass is 366 g/mol. The molecular weight excluding hydrogens is 349 g/mol. The summed E-state index contributed by atoms with van der Waals surface area (Å²) < 4.78 is 43.0. The number of carbonyl (C=O) groups is 2. The Kier molecular flexibility index (Phi) is 6.62. The summed E-state index contributed by atoms with van der Waals surface area (Å²) in [5, 5.41) is 0. The first kappa shape index (κ1) is 20.2.